The van der Waals surface area contributed by atoms with Crippen molar-refractivity contribution in [3.63, 3.8) is 0 Å². The van der Waals surface area contributed by atoms with Gasteiger partial charge in [-0.2, -0.15) is 0 Å². The van der Waals surface area contributed by atoms with E-state index in [9.17, 15) is 9.59 Å². The second-order valence-corrected chi connectivity index (χ2v) is 5.93. The molecule has 0 aromatic heterocycles. The SMILES string of the molecule is O=C1CC2CCCCC2C2CCC(=O)C2C1. The van der Waals surface area contributed by atoms with Gasteiger partial charge in [-0.05, 0) is 37.0 Å². The predicted molar refractivity (Wildman–Crippen MR) is 60.9 cm³/mol. The average Bonchev–Trinajstić information content (AvgIpc) is 2.56. The Morgan fingerprint density at radius 3 is 2.56 bits per heavy atom. The molecule has 0 bridgehead atoms. The summed E-state index contributed by atoms with van der Waals surface area (Å²) in [6, 6.07) is 0. The minimum Gasteiger partial charge on any atom is -0.300 e. The largest absolute Gasteiger partial charge is 0.300 e. The molecule has 0 heterocycles. The van der Waals surface area contributed by atoms with Crippen LogP contribution in [0.5, 0.6) is 0 Å². The lowest BCUT2D eigenvalue weighted by Crippen LogP contribution is -2.28. The molecule has 16 heavy (non-hydrogen) atoms. The molecule has 0 spiro atoms. The highest BCUT2D eigenvalue weighted by molar-refractivity contribution is 5.90. The van der Waals surface area contributed by atoms with Crippen molar-refractivity contribution in [1.82, 2.24) is 0 Å². The summed E-state index contributed by atoms with van der Waals surface area (Å²) in [5, 5.41) is 0. The summed E-state index contributed by atoms with van der Waals surface area (Å²) >= 11 is 0. The zero-order valence-corrected chi connectivity index (χ0v) is 9.78. The molecule has 0 radical (unpaired) electrons. The molecule has 0 N–H and O–H groups in total. The van der Waals surface area contributed by atoms with Gasteiger partial charge in [-0.25, -0.2) is 0 Å². The molecule has 0 amide bonds. The third kappa shape index (κ3) is 1.63. The standard InChI is InChI=1S/C14H20O2/c15-10-7-9-3-1-2-4-11(9)12-5-6-14(16)13(12)8-10/h9,11-13H,1-8H2. The van der Waals surface area contributed by atoms with Crippen LogP contribution in [0.4, 0.5) is 0 Å². The Labute approximate surface area is 96.8 Å². The molecule has 0 aromatic carbocycles. The highest BCUT2D eigenvalue weighted by Gasteiger charge is 2.46. The molecule has 0 aromatic rings. The topological polar surface area (TPSA) is 34.1 Å². The van der Waals surface area contributed by atoms with Crippen LogP contribution in [0.2, 0.25) is 0 Å². The number of hydrogen-bond acceptors (Lipinski definition) is 2. The molecule has 3 fully saturated rings. The first kappa shape index (κ1) is 10.5. The van der Waals surface area contributed by atoms with Crippen molar-refractivity contribution in [2.45, 2.75) is 51.4 Å². The fourth-order valence-electron chi connectivity index (χ4n) is 4.39. The third-order valence-corrected chi connectivity index (χ3v) is 5.11. The fourth-order valence-corrected chi connectivity index (χ4v) is 4.39. The number of rotatable bonds is 0. The normalized spacial score (nSPS) is 43.8. The van der Waals surface area contributed by atoms with E-state index in [0.29, 0.717) is 35.7 Å². The van der Waals surface area contributed by atoms with E-state index < -0.39 is 0 Å². The van der Waals surface area contributed by atoms with Crippen molar-refractivity contribution in [3.05, 3.63) is 0 Å². The smallest absolute Gasteiger partial charge is 0.136 e. The van der Waals surface area contributed by atoms with Gasteiger partial charge in [0.1, 0.15) is 11.6 Å². The summed E-state index contributed by atoms with van der Waals surface area (Å²) in [6.45, 7) is 0. The summed E-state index contributed by atoms with van der Waals surface area (Å²) in [7, 11) is 0. The molecule has 3 saturated carbocycles. The second-order valence-electron chi connectivity index (χ2n) is 5.93. The summed E-state index contributed by atoms with van der Waals surface area (Å²) in [5.41, 5.74) is 0. The highest BCUT2D eigenvalue weighted by atomic mass is 16.1. The minimum atomic E-state index is 0.112. The van der Waals surface area contributed by atoms with Crippen LogP contribution < -0.4 is 0 Å². The summed E-state index contributed by atoms with van der Waals surface area (Å²) < 4.78 is 0. The Morgan fingerprint density at radius 2 is 1.69 bits per heavy atom. The van der Waals surface area contributed by atoms with Crippen LogP contribution in [-0.4, -0.2) is 11.6 Å². The van der Waals surface area contributed by atoms with Crippen molar-refractivity contribution in [2.75, 3.05) is 0 Å². The number of carbonyl (C=O) groups is 2. The van der Waals surface area contributed by atoms with Crippen molar-refractivity contribution >= 4 is 11.6 Å². The molecule has 88 valence electrons. The fraction of sp³-hybridized carbons (Fsp3) is 0.857. The number of Topliss-reactive ketones (excluding diaryl/α,β-unsaturated/α-hetero) is 2. The Hall–Kier alpha value is -0.660. The van der Waals surface area contributed by atoms with Crippen molar-refractivity contribution in [3.8, 4) is 0 Å². The van der Waals surface area contributed by atoms with Gasteiger partial charge in [0, 0.05) is 25.2 Å². The summed E-state index contributed by atoms with van der Waals surface area (Å²) in [5.74, 6) is 2.72. The molecule has 0 aliphatic heterocycles. The van der Waals surface area contributed by atoms with E-state index in [1.54, 1.807) is 0 Å². The average molecular weight is 220 g/mol. The number of carbonyl (C=O) groups excluding carboxylic acids is 2. The lowest BCUT2D eigenvalue weighted by Gasteiger charge is -2.34. The van der Waals surface area contributed by atoms with Crippen LogP contribution in [0, 0.1) is 23.7 Å². The molecule has 4 atom stereocenters. The van der Waals surface area contributed by atoms with Crippen LogP contribution in [0.25, 0.3) is 0 Å². The number of fused-ring (bicyclic) bond motifs is 3. The maximum absolute atomic E-state index is 11.9. The van der Waals surface area contributed by atoms with Gasteiger partial charge in [0.2, 0.25) is 0 Å². The zero-order chi connectivity index (χ0) is 11.1. The molecular formula is C14H20O2. The van der Waals surface area contributed by atoms with Gasteiger partial charge in [-0.3, -0.25) is 9.59 Å². The van der Waals surface area contributed by atoms with E-state index >= 15 is 0 Å². The van der Waals surface area contributed by atoms with Crippen LogP contribution in [0.3, 0.4) is 0 Å². The van der Waals surface area contributed by atoms with E-state index in [-0.39, 0.29) is 5.92 Å². The van der Waals surface area contributed by atoms with E-state index in [2.05, 4.69) is 0 Å². The monoisotopic (exact) mass is 220 g/mol. The highest BCUT2D eigenvalue weighted by Crippen LogP contribution is 2.48. The van der Waals surface area contributed by atoms with Crippen molar-refractivity contribution in [2.24, 2.45) is 23.7 Å². The van der Waals surface area contributed by atoms with E-state index in [0.717, 1.165) is 19.3 Å². The second kappa shape index (κ2) is 3.97. The number of hydrogen-bond donors (Lipinski definition) is 0. The van der Waals surface area contributed by atoms with Crippen LogP contribution in [-0.2, 0) is 9.59 Å². The van der Waals surface area contributed by atoms with Gasteiger partial charge in [-0.15, -0.1) is 0 Å². The predicted octanol–water partition coefficient (Wildman–Crippen LogP) is 2.75. The maximum atomic E-state index is 11.9. The molecule has 3 aliphatic rings. The summed E-state index contributed by atoms with van der Waals surface area (Å²) in [4.78, 5) is 23.7. The third-order valence-electron chi connectivity index (χ3n) is 5.11. The first-order chi connectivity index (χ1) is 7.75. The first-order valence-corrected chi connectivity index (χ1v) is 6.80. The number of ketones is 2. The Bertz CT molecular complexity index is 321. The van der Waals surface area contributed by atoms with Crippen LogP contribution >= 0.6 is 0 Å². The minimum absolute atomic E-state index is 0.112. The van der Waals surface area contributed by atoms with Gasteiger partial charge in [0.15, 0.2) is 0 Å². The van der Waals surface area contributed by atoms with Gasteiger partial charge in [0.25, 0.3) is 0 Å². The van der Waals surface area contributed by atoms with Gasteiger partial charge in [0.05, 0.1) is 0 Å². The van der Waals surface area contributed by atoms with E-state index in [4.69, 9.17) is 0 Å². The zero-order valence-electron chi connectivity index (χ0n) is 9.78. The molecule has 3 rings (SSSR count). The Morgan fingerprint density at radius 1 is 0.875 bits per heavy atom. The lowest BCUT2D eigenvalue weighted by molar-refractivity contribution is -0.126. The van der Waals surface area contributed by atoms with E-state index in [1.165, 1.54) is 25.7 Å². The van der Waals surface area contributed by atoms with Gasteiger partial charge >= 0.3 is 0 Å². The quantitative estimate of drug-likeness (QED) is 0.629. The lowest BCUT2D eigenvalue weighted by atomic mass is 9.70. The van der Waals surface area contributed by atoms with Crippen LogP contribution in [0.1, 0.15) is 51.4 Å². The van der Waals surface area contributed by atoms with Crippen molar-refractivity contribution < 1.29 is 9.59 Å². The molecule has 0 saturated heterocycles. The molecule has 4 unspecified atom stereocenters. The molecule has 2 heteroatoms. The van der Waals surface area contributed by atoms with E-state index in [1.807, 2.05) is 0 Å². The first-order valence-electron chi connectivity index (χ1n) is 6.80. The molecule has 2 nitrogen and oxygen atoms in total. The summed E-state index contributed by atoms with van der Waals surface area (Å²) in [6.07, 6.45) is 8.25. The Kier molecular flexibility index (Phi) is 2.61. The maximum Gasteiger partial charge on any atom is 0.136 e. The molecular weight excluding hydrogens is 200 g/mol. The van der Waals surface area contributed by atoms with Crippen molar-refractivity contribution in [1.29, 1.82) is 0 Å². The van der Waals surface area contributed by atoms with Gasteiger partial charge in [-0.1, -0.05) is 12.8 Å². The van der Waals surface area contributed by atoms with Crippen LogP contribution in [0.15, 0.2) is 0 Å². The Balaban J connectivity index is 1.88. The molecule has 3 aliphatic carbocycles. The van der Waals surface area contributed by atoms with Gasteiger partial charge < -0.3 is 0 Å².